The van der Waals surface area contributed by atoms with Crippen molar-refractivity contribution in [2.24, 2.45) is 0 Å². The SMILES string of the molecule is O=C(NCCc1ccc2ccccc2c1)[C@@H]1CC[C@H](C(=O)O)O1. The molecule has 1 aliphatic heterocycles. The number of amides is 1. The molecule has 1 saturated heterocycles. The van der Waals surface area contributed by atoms with Gasteiger partial charge in [-0.05, 0) is 35.6 Å². The van der Waals surface area contributed by atoms with Gasteiger partial charge in [0.2, 0.25) is 5.91 Å². The normalized spacial score (nSPS) is 20.5. The Morgan fingerprint density at radius 1 is 1.09 bits per heavy atom. The van der Waals surface area contributed by atoms with Crippen molar-refractivity contribution in [2.45, 2.75) is 31.5 Å². The smallest absolute Gasteiger partial charge is 0.332 e. The maximum Gasteiger partial charge on any atom is 0.332 e. The predicted molar refractivity (Wildman–Crippen MR) is 86.2 cm³/mol. The minimum Gasteiger partial charge on any atom is -0.479 e. The molecule has 0 aromatic heterocycles. The summed E-state index contributed by atoms with van der Waals surface area (Å²) in [6.07, 6.45) is 0.0710. The lowest BCUT2D eigenvalue weighted by molar-refractivity contribution is -0.151. The number of nitrogens with one attached hydrogen (secondary N) is 1. The Morgan fingerprint density at radius 2 is 1.83 bits per heavy atom. The summed E-state index contributed by atoms with van der Waals surface area (Å²) >= 11 is 0. The van der Waals surface area contributed by atoms with Gasteiger partial charge in [-0.3, -0.25) is 4.79 Å². The molecule has 120 valence electrons. The largest absolute Gasteiger partial charge is 0.479 e. The molecule has 0 saturated carbocycles. The third-order valence-corrected chi connectivity index (χ3v) is 4.11. The lowest BCUT2D eigenvalue weighted by atomic mass is 10.1. The Kier molecular flexibility index (Phi) is 4.57. The van der Waals surface area contributed by atoms with E-state index in [1.807, 2.05) is 12.1 Å². The van der Waals surface area contributed by atoms with E-state index in [-0.39, 0.29) is 5.91 Å². The number of rotatable bonds is 5. The summed E-state index contributed by atoms with van der Waals surface area (Å²) in [4.78, 5) is 22.8. The van der Waals surface area contributed by atoms with E-state index in [2.05, 4.69) is 35.6 Å². The molecule has 1 amide bonds. The van der Waals surface area contributed by atoms with Gasteiger partial charge in [0, 0.05) is 6.54 Å². The van der Waals surface area contributed by atoms with E-state index in [9.17, 15) is 9.59 Å². The van der Waals surface area contributed by atoms with Crippen molar-refractivity contribution in [3.8, 4) is 0 Å². The maximum absolute atomic E-state index is 12.0. The second-order valence-corrected chi connectivity index (χ2v) is 5.75. The zero-order valence-electron chi connectivity index (χ0n) is 12.7. The van der Waals surface area contributed by atoms with E-state index in [0.29, 0.717) is 19.4 Å². The first-order valence-corrected chi connectivity index (χ1v) is 7.77. The van der Waals surface area contributed by atoms with Crippen molar-refractivity contribution in [1.29, 1.82) is 0 Å². The molecule has 5 nitrogen and oxygen atoms in total. The molecule has 5 heteroatoms. The van der Waals surface area contributed by atoms with Crippen LogP contribution in [0.3, 0.4) is 0 Å². The molecule has 1 aliphatic rings. The van der Waals surface area contributed by atoms with Crippen LogP contribution in [-0.2, 0) is 20.7 Å². The lowest BCUT2D eigenvalue weighted by Gasteiger charge is -2.12. The molecule has 3 rings (SSSR count). The average Bonchev–Trinajstić information content (AvgIpc) is 3.05. The van der Waals surface area contributed by atoms with Gasteiger partial charge in [-0.25, -0.2) is 4.79 Å². The van der Waals surface area contributed by atoms with E-state index < -0.39 is 18.2 Å². The number of ether oxygens (including phenoxy) is 1. The Bertz CT molecular complexity index is 728. The van der Waals surface area contributed by atoms with E-state index in [1.165, 1.54) is 10.8 Å². The third kappa shape index (κ3) is 3.68. The molecule has 0 spiro atoms. The fraction of sp³-hybridized carbons (Fsp3) is 0.333. The molecule has 1 fully saturated rings. The Hall–Kier alpha value is -2.40. The van der Waals surface area contributed by atoms with Crippen molar-refractivity contribution >= 4 is 22.6 Å². The Labute approximate surface area is 134 Å². The van der Waals surface area contributed by atoms with Gasteiger partial charge in [0.1, 0.15) is 6.10 Å². The van der Waals surface area contributed by atoms with Gasteiger partial charge in [0.05, 0.1) is 0 Å². The number of fused-ring (bicyclic) bond motifs is 1. The topological polar surface area (TPSA) is 75.6 Å². The number of aliphatic carboxylic acids is 1. The van der Waals surface area contributed by atoms with Gasteiger partial charge in [-0.15, -0.1) is 0 Å². The van der Waals surface area contributed by atoms with Crippen molar-refractivity contribution in [3.05, 3.63) is 48.0 Å². The summed E-state index contributed by atoms with van der Waals surface area (Å²) in [6.45, 7) is 0.509. The minimum atomic E-state index is -1.00. The summed E-state index contributed by atoms with van der Waals surface area (Å²) in [5.74, 6) is -1.23. The molecule has 23 heavy (non-hydrogen) atoms. The van der Waals surface area contributed by atoms with Crippen LogP contribution in [0.15, 0.2) is 42.5 Å². The van der Waals surface area contributed by atoms with E-state index in [1.54, 1.807) is 0 Å². The van der Waals surface area contributed by atoms with Gasteiger partial charge >= 0.3 is 5.97 Å². The highest BCUT2D eigenvalue weighted by Gasteiger charge is 2.34. The fourth-order valence-electron chi connectivity index (χ4n) is 2.85. The molecular weight excluding hydrogens is 294 g/mol. The van der Waals surface area contributed by atoms with Crippen LogP contribution in [0, 0.1) is 0 Å². The summed E-state index contributed by atoms with van der Waals surface area (Å²) < 4.78 is 5.23. The van der Waals surface area contributed by atoms with Crippen LogP contribution in [-0.4, -0.2) is 35.7 Å². The van der Waals surface area contributed by atoms with Crippen LogP contribution < -0.4 is 5.32 Å². The number of carboxylic acids is 1. The number of carbonyl (C=O) groups is 2. The first kappa shape index (κ1) is 15.5. The Morgan fingerprint density at radius 3 is 2.57 bits per heavy atom. The minimum absolute atomic E-state index is 0.227. The quantitative estimate of drug-likeness (QED) is 0.886. The first-order valence-electron chi connectivity index (χ1n) is 7.77. The Balaban J connectivity index is 1.50. The van der Waals surface area contributed by atoms with Gasteiger partial charge in [-0.1, -0.05) is 42.5 Å². The molecule has 2 atom stereocenters. The lowest BCUT2D eigenvalue weighted by Crippen LogP contribution is -2.36. The van der Waals surface area contributed by atoms with Gasteiger partial charge in [0.15, 0.2) is 6.10 Å². The van der Waals surface area contributed by atoms with E-state index >= 15 is 0 Å². The van der Waals surface area contributed by atoms with Crippen LogP contribution in [0.25, 0.3) is 10.8 Å². The standard InChI is InChI=1S/C18H19NO4/c20-17(15-7-8-16(23-15)18(21)22)19-10-9-12-5-6-13-3-1-2-4-14(13)11-12/h1-6,11,15-16H,7-10H2,(H,19,20)(H,21,22)/t15-,16+/m0/s1. The van der Waals surface area contributed by atoms with Crippen molar-refractivity contribution in [1.82, 2.24) is 5.32 Å². The van der Waals surface area contributed by atoms with Crippen LogP contribution in [0.1, 0.15) is 18.4 Å². The zero-order valence-corrected chi connectivity index (χ0v) is 12.7. The highest BCUT2D eigenvalue weighted by molar-refractivity contribution is 5.83. The molecule has 0 bridgehead atoms. The summed E-state index contributed by atoms with van der Waals surface area (Å²) in [7, 11) is 0. The molecule has 0 aliphatic carbocycles. The molecule has 0 unspecified atom stereocenters. The van der Waals surface area contributed by atoms with E-state index in [0.717, 1.165) is 12.0 Å². The maximum atomic E-state index is 12.0. The molecule has 1 heterocycles. The average molecular weight is 313 g/mol. The number of hydrogen-bond acceptors (Lipinski definition) is 3. The monoisotopic (exact) mass is 313 g/mol. The predicted octanol–water partition coefficient (Wildman–Crippen LogP) is 2.13. The van der Waals surface area contributed by atoms with Gasteiger partial charge in [-0.2, -0.15) is 0 Å². The van der Waals surface area contributed by atoms with Crippen LogP contribution in [0.4, 0.5) is 0 Å². The summed E-state index contributed by atoms with van der Waals surface area (Å²) in [6, 6.07) is 14.4. The van der Waals surface area contributed by atoms with Crippen LogP contribution >= 0.6 is 0 Å². The summed E-state index contributed by atoms with van der Waals surface area (Å²) in [5, 5.41) is 14.1. The van der Waals surface area contributed by atoms with Gasteiger partial charge in [0.25, 0.3) is 0 Å². The highest BCUT2D eigenvalue weighted by Crippen LogP contribution is 2.20. The van der Waals surface area contributed by atoms with Gasteiger partial charge < -0.3 is 15.2 Å². The van der Waals surface area contributed by atoms with Crippen LogP contribution in [0.5, 0.6) is 0 Å². The molecule has 0 radical (unpaired) electrons. The second kappa shape index (κ2) is 6.79. The molecule has 2 N–H and O–H groups in total. The second-order valence-electron chi connectivity index (χ2n) is 5.75. The molecule has 2 aromatic carbocycles. The van der Waals surface area contributed by atoms with Crippen LogP contribution in [0.2, 0.25) is 0 Å². The van der Waals surface area contributed by atoms with Crippen molar-refractivity contribution in [3.63, 3.8) is 0 Å². The van der Waals surface area contributed by atoms with E-state index in [4.69, 9.17) is 9.84 Å². The van der Waals surface area contributed by atoms with Crippen molar-refractivity contribution in [2.75, 3.05) is 6.54 Å². The highest BCUT2D eigenvalue weighted by atomic mass is 16.5. The first-order chi connectivity index (χ1) is 11.1. The molecule has 2 aromatic rings. The number of carbonyl (C=O) groups excluding carboxylic acids is 1. The number of benzene rings is 2. The number of carboxylic acid groups (broad SMARTS) is 1. The van der Waals surface area contributed by atoms with Crippen molar-refractivity contribution < 1.29 is 19.4 Å². The molecular formula is C18H19NO4. The third-order valence-electron chi connectivity index (χ3n) is 4.11. The number of hydrogen-bond donors (Lipinski definition) is 2. The zero-order chi connectivity index (χ0) is 16.2. The fourth-order valence-corrected chi connectivity index (χ4v) is 2.85. The summed E-state index contributed by atoms with van der Waals surface area (Å²) in [5.41, 5.74) is 1.15.